The van der Waals surface area contributed by atoms with Crippen molar-refractivity contribution < 1.29 is 33.7 Å². The first kappa shape index (κ1) is 29.1. The molecule has 0 aromatic heterocycles. The Balaban J connectivity index is 1.48. The Labute approximate surface area is 226 Å². The van der Waals surface area contributed by atoms with Crippen LogP contribution in [0.15, 0.2) is 23.8 Å². The smallest absolute Gasteiger partial charge is 0.306 e. The van der Waals surface area contributed by atoms with Crippen molar-refractivity contribution in [2.45, 2.75) is 116 Å². The van der Waals surface area contributed by atoms with Crippen LogP contribution in [0.5, 0.6) is 0 Å². The summed E-state index contributed by atoms with van der Waals surface area (Å²) in [4.78, 5) is 37.8. The zero-order valence-electron chi connectivity index (χ0n) is 23.4. The first-order valence-corrected chi connectivity index (χ1v) is 14.6. The number of fused-ring (bicyclic) bond motifs is 5. The van der Waals surface area contributed by atoms with Crippen LogP contribution >= 0.6 is 0 Å². The molecule has 2 N–H and O–H groups in total. The van der Waals surface area contributed by atoms with E-state index in [0.717, 1.165) is 25.7 Å². The lowest BCUT2D eigenvalue weighted by Crippen LogP contribution is -2.69. The highest BCUT2D eigenvalue weighted by Crippen LogP contribution is 2.70. The Bertz CT molecular complexity index is 1020. The van der Waals surface area contributed by atoms with Crippen LogP contribution in [0, 0.1) is 28.6 Å². The summed E-state index contributed by atoms with van der Waals surface area (Å²) in [5.41, 5.74) is -5.35. The number of ether oxygens (including phenoxy) is 1. The van der Waals surface area contributed by atoms with Gasteiger partial charge in [0, 0.05) is 23.2 Å². The van der Waals surface area contributed by atoms with E-state index in [4.69, 9.17) is 4.74 Å². The van der Waals surface area contributed by atoms with E-state index < -0.39 is 58.4 Å². The number of halogens is 1. The number of carbonyl (C=O) groups excluding carboxylic acids is 3. The third-order valence-corrected chi connectivity index (χ3v) is 10.7. The lowest BCUT2D eigenvalue weighted by atomic mass is 9.44. The first-order chi connectivity index (χ1) is 17.9. The third kappa shape index (κ3) is 4.32. The minimum atomic E-state index is -2.02. The molecule has 4 aliphatic rings. The van der Waals surface area contributed by atoms with Gasteiger partial charge in [0.25, 0.3) is 0 Å². The summed E-state index contributed by atoms with van der Waals surface area (Å²) in [6, 6.07) is 0. The van der Waals surface area contributed by atoms with Gasteiger partial charge in [-0.15, -0.1) is 0 Å². The average molecular weight is 533 g/mol. The van der Waals surface area contributed by atoms with E-state index >= 15 is 4.39 Å². The minimum Gasteiger partial charge on any atom is -0.458 e. The van der Waals surface area contributed by atoms with Crippen molar-refractivity contribution in [1.29, 1.82) is 0 Å². The summed E-state index contributed by atoms with van der Waals surface area (Å²) in [5, 5.41) is 23.4. The van der Waals surface area contributed by atoms with Gasteiger partial charge in [-0.1, -0.05) is 64.5 Å². The molecule has 3 saturated carbocycles. The Morgan fingerprint density at radius 2 is 1.82 bits per heavy atom. The van der Waals surface area contributed by atoms with E-state index in [1.54, 1.807) is 26.8 Å². The molecule has 0 amide bonds. The molecule has 7 heteroatoms. The molecule has 0 unspecified atom stereocenters. The number of aliphatic hydroxyl groups is 2. The molecule has 0 spiro atoms. The molecule has 0 bridgehead atoms. The number of aliphatic hydroxyl groups excluding tert-OH is 1. The number of Topliss-reactive ketones (excluding diaryl/α,β-unsaturated/α-hetero) is 1. The van der Waals surface area contributed by atoms with Crippen LogP contribution in [0.4, 0.5) is 4.39 Å². The summed E-state index contributed by atoms with van der Waals surface area (Å²) < 4.78 is 22.5. The second-order valence-corrected chi connectivity index (χ2v) is 12.8. The lowest BCUT2D eigenvalue weighted by molar-refractivity contribution is -0.220. The number of allylic oxidation sites excluding steroid dienone is 4. The Kier molecular flexibility index (Phi) is 8.13. The normalized spacial score (nSPS) is 41.7. The monoisotopic (exact) mass is 532 g/mol. The van der Waals surface area contributed by atoms with Gasteiger partial charge in [-0.2, -0.15) is 0 Å². The molecule has 0 aromatic carbocycles. The first-order valence-electron chi connectivity index (χ1n) is 14.6. The number of hydrogen-bond donors (Lipinski definition) is 2. The molecule has 38 heavy (non-hydrogen) atoms. The molecule has 0 saturated heterocycles. The highest BCUT2D eigenvalue weighted by Gasteiger charge is 2.75. The quantitative estimate of drug-likeness (QED) is 0.296. The van der Waals surface area contributed by atoms with Crippen molar-refractivity contribution in [3.05, 3.63) is 23.8 Å². The highest BCUT2D eigenvalue weighted by atomic mass is 19.1. The van der Waals surface area contributed by atoms with Crippen molar-refractivity contribution in [3.8, 4) is 0 Å². The third-order valence-electron chi connectivity index (χ3n) is 10.7. The number of ketones is 2. The summed E-state index contributed by atoms with van der Waals surface area (Å²) >= 11 is 0. The van der Waals surface area contributed by atoms with Gasteiger partial charge < -0.3 is 14.9 Å². The van der Waals surface area contributed by atoms with Gasteiger partial charge in [0.15, 0.2) is 18.1 Å². The van der Waals surface area contributed by atoms with Crippen LogP contribution in [-0.4, -0.2) is 51.7 Å². The van der Waals surface area contributed by atoms with Gasteiger partial charge in [0.2, 0.25) is 5.78 Å². The molecule has 0 radical (unpaired) electrons. The maximum absolute atomic E-state index is 17.2. The van der Waals surface area contributed by atoms with Crippen molar-refractivity contribution in [2.24, 2.45) is 28.6 Å². The molecule has 0 aromatic rings. The molecular weight excluding hydrogens is 487 g/mol. The SMILES string of the molecule is CCCCCCCCC(=O)OCC(=O)[C@@]1(O)[C@@H](C)C[C@H]2[C@@H]3CCC4=CC(=O)C=C[C@]4(C)[C@@]3(F)[C@@H](O)C[C@@]21C. The Hall–Kier alpha value is -1.86. The van der Waals surface area contributed by atoms with Crippen LogP contribution in [0.25, 0.3) is 0 Å². The fraction of sp³-hybridized carbons (Fsp3) is 0.774. The predicted molar refractivity (Wildman–Crippen MR) is 142 cm³/mol. The van der Waals surface area contributed by atoms with E-state index in [1.165, 1.54) is 18.6 Å². The maximum Gasteiger partial charge on any atom is 0.306 e. The van der Waals surface area contributed by atoms with Gasteiger partial charge >= 0.3 is 5.97 Å². The van der Waals surface area contributed by atoms with E-state index in [2.05, 4.69) is 6.92 Å². The van der Waals surface area contributed by atoms with Crippen molar-refractivity contribution in [3.63, 3.8) is 0 Å². The molecule has 0 aliphatic heterocycles. The van der Waals surface area contributed by atoms with Gasteiger partial charge in [0.05, 0.1) is 6.10 Å². The molecule has 4 aliphatic carbocycles. The summed E-state index contributed by atoms with van der Waals surface area (Å²) in [7, 11) is 0. The molecule has 6 nitrogen and oxygen atoms in total. The second-order valence-electron chi connectivity index (χ2n) is 12.8. The average Bonchev–Trinajstić information content (AvgIpc) is 3.07. The highest BCUT2D eigenvalue weighted by molar-refractivity contribution is 6.01. The number of unbranched alkanes of at least 4 members (excludes halogenated alkanes) is 5. The molecular formula is C31H45FO6. The number of carbonyl (C=O) groups is 3. The topological polar surface area (TPSA) is 101 Å². The standard InChI is InChI=1S/C31H45FO6/c1-5-6-7-8-9-10-11-27(36)38-19-26(35)31(37)20(2)16-24-23-13-12-21-17-22(33)14-15-28(21,3)30(23,32)25(34)18-29(24,31)4/h14-15,17,20,23-25,34,37H,5-13,16,18-19H2,1-4H3/t20-,23-,24-,25-,28-,29-,30-,31-/m0/s1. The zero-order chi connectivity index (χ0) is 27.9. The van der Waals surface area contributed by atoms with E-state index in [-0.39, 0.29) is 24.5 Å². The van der Waals surface area contributed by atoms with Crippen molar-refractivity contribution in [1.82, 2.24) is 0 Å². The van der Waals surface area contributed by atoms with Gasteiger partial charge in [-0.05, 0) is 63.0 Å². The second kappa shape index (κ2) is 10.6. The number of hydrogen-bond acceptors (Lipinski definition) is 6. The van der Waals surface area contributed by atoms with E-state index in [0.29, 0.717) is 31.3 Å². The summed E-state index contributed by atoms with van der Waals surface area (Å²) in [6.07, 6.45) is 10.8. The number of esters is 1. The molecule has 0 heterocycles. The van der Waals surface area contributed by atoms with Gasteiger partial charge in [-0.3, -0.25) is 14.4 Å². The maximum atomic E-state index is 17.2. The number of rotatable bonds is 10. The largest absolute Gasteiger partial charge is 0.458 e. The van der Waals surface area contributed by atoms with Crippen molar-refractivity contribution >= 4 is 17.5 Å². The van der Waals surface area contributed by atoms with Crippen LogP contribution < -0.4 is 0 Å². The van der Waals surface area contributed by atoms with E-state index in [9.17, 15) is 24.6 Å². The van der Waals surface area contributed by atoms with Crippen LogP contribution in [0.2, 0.25) is 0 Å². The molecule has 212 valence electrons. The van der Waals surface area contributed by atoms with Crippen LogP contribution in [0.3, 0.4) is 0 Å². The van der Waals surface area contributed by atoms with E-state index in [1.807, 2.05) is 0 Å². The number of alkyl halides is 1. The minimum absolute atomic E-state index is 0.0897. The molecule has 4 rings (SSSR count). The van der Waals surface area contributed by atoms with Crippen LogP contribution in [0.1, 0.15) is 98.3 Å². The zero-order valence-corrected chi connectivity index (χ0v) is 23.4. The Morgan fingerprint density at radius 1 is 1.13 bits per heavy atom. The fourth-order valence-corrected chi connectivity index (χ4v) is 8.52. The lowest BCUT2D eigenvalue weighted by Gasteiger charge is -2.62. The Morgan fingerprint density at radius 3 is 2.53 bits per heavy atom. The predicted octanol–water partition coefficient (Wildman–Crippen LogP) is 5.20. The van der Waals surface area contributed by atoms with Gasteiger partial charge in [0.1, 0.15) is 5.60 Å². The fourth-order valence-electron chi connectivity index (χ4n) is 8.52. The summed E-state index contributed by atoms with van der Waals surface area (Å²) in [6.45, 7) is 6.96. The van der Waals surface area contributed by atoms with Crippen LogP contribution in [-0.2, 0) is 19.1 Å². The molecule has 3 fully saturated rings. The summed E-state index contributed by atoms with van der Waals surface area (Å²) in [5.74, 6) is -2.61. The molecule has 8 atom stereocenters. The van der Waals surface area contributed by atoms with Crippen molar-refractivity contribution in [2.75, 3.05) is 6.61 Å². The van der Waals surface area contributed by atoms with Gasteiger partial charge in [-0.25, -0.2) is 4.39 Å².